The maximum absolute atomic E-state index is 13.1. The fraction of sp³-hybridized carbons (Fsp3) is 0.130. The Hall–Kier alpha value is -3.72. The molecule has 1 unspecified atom stereocenters. The van der Waals surface area contributed by atoms with E-state index in [1.54, 1.807) is 36.4 Å². The topological polar surface area (TPSA) is 102 Å². The summed E-state index contributed by atoms with van der Waals surface area (Å²) >= 11 is 0. The Kier molecular flexibility index (Phi) is 6.89. The number of nitrogens with one attached hydrogen (secondary N) is 2. The van der Waals surface area contributed by atoms with E-state index in [0.717, 1.165) is 24.3 Å². The van der Waals surface area contributed by atoms with Gasteiger partial charge in [-0.3, -0.25) is 9.59 Å². The van der Waals surface area contributed by atoms with Crippen LogP contribution in [0.1, 0.15) is 17.3 Å². The molecule has 0 aliphatic heterocycles. The summed E-state index contributed by atoms with van der Waals surface area (Å²) in [7, 11) is -2.55. The molecule has 0 radical (unpaired) electrons. The number of benzene rings is 3. The van der Waals surface area contributed by atoms with Crippen LogP contribution in [0.3, 0.4) is 0 Å². The molecule has 0 saturated heterocycles. The average Bonchev–Trinajstić information content (AvgIpc) is 2.79. The number of halogens is 1. The van der Waals surface area contributed by atoms with Crippen LogP contribution >= 0.6 is 0 Å². The summed E-state index contributed by atoms with van der Waals surface area (Å²) in [6.45, 7) is 1.23. The molecule has 1 atom stereocenters. The molecule has 2 amide bonds. The molecule has 32 heavy (non-hydrogen) atoms. The molecule has 0 aromatic heterocycles. The second kappa shape index (κ2) is 9.61. The third-order valence-corrected chi connectivity index (χ3v) is 6.81. The summed E-state index contributed by atoms with van der Waals surface area (Å²) in [4.78, 5) is 25.3. The molecule has 2 N–H and O–H groups in total. The SMILES string of the molecule is COc1cccc(NC(=O)c2ccccc2NC(=O)C(C)S(=O)(=O)c2ccc(F)cc2)c1. The molecule has 0 fully saturated rings. The minimum absolute atomic E-state index is 0.148. The number of hydrogen-bond donors (Lipinski definition) is 2. The van der Waals surface area contributed by atoms with Gasteiger partial charge in [0.15, 0.2) is 9.84 Å². The first kappa shape index (κ1) is 23.0. The third-order valence-electron chi connectivity index (χ3n) is 4.73. The summed E-state index contributed by atoms with van der Waals surface area (Å²) in [6.07, 6.45) is 0. The number of sulfone groups is 1. The van der Waals surface area contributed by atoms with E-state index in [9.17, 15) is 22.4 Å². The molecule has 0 saturated carbocycles. The molecule has 0 bridgehead atoms. The molecule has 3 rings (SSSR count). The highest BCUT2D eigenvalue weighted by Crippen LogP contribution is 2.22. The molecule has 0 aliphatic carbocycles. The van der Waals surface area contributed by atoms with Crippen LogP contribution in [0.5, 0.6) is 5.75 Å². The van der Waals surface area contributed by atoms with Crippen LogP contribution in [-0.4, -0.2) is 32.6 Å². The maximum Gasteiger partial charge on any atom is 0.257 e. The minimum atomic E-state index is -4.06. The maximum atomic E-state index is 13.1. The van der Waals surface area contributed by atoms with E-state index in [4.69, 9.17) is 4.74 Å². The lowest BCUT2D eigenvalue weighted by molar-refractivity contribution is -0.115. The van der Waals surface area contributed by atoms with E-state index in [-0.39, 0.29) is 16.1 Å². The van der Waals surface area contributed by atoms with Gasteiger partial charge in [0.1, 0.15) is 16.8 Å². The van der Waals surface area contributed by atoms with Crippen LogP contribution in [0.4, 0.5) is 15.8 Å². The summed E-state index contributed by atoms with van der Waals surface area (Å²) in [6, 6.07) is 17.2. The first-order chi connectivity index (χ1) is 15.2. The Labute approximate surface area is 185 Å². The highest BCUT2D eigenvalue weighted by atomic mass is 32.2. The number of rotatable bonds is 7. The highest BCUT2D eigenvalue weighted by Gasteiger charge is 2.30. The van der Waals surface area contributed by atoms with Crippen molar-refractivity contribution in [1.82, 2.24) is 0 Å². The molecular weight excluding hydrogens is 435 g/mol. The second-order valence-electron chi connectivity index (χ2n) is 6.86. The van der Waals surface area contributed by atoms with Crippen LogP contribution in [0.15, 0.2) is 77.7 Å². The van der Waals surface area contributed by atoms with Crippen LogP contribution < -0.4 is 15.4 Å². The van der Waals surface area contributed by atoms with E-state index in [0.29, 0.717) is 11.4 Å². The van der Waals surface area contributed by atoms with E-state index in [2.05, 4.69) is 10.6 Å². The molecular formula is C23H21FN2O5S. The first-order valence-corrected chi connectivity index (χ1v) is 11.1. The predicted octanol–water partition coefficient (Wildman–Crippen LogP) is 3.89. The lowest BCUT2D eigenvalue weighted by atomic mass is 10.1. The normalized spacial score (nSPS) is 12.0. The lowest BCUT2D eigenvalue weighted by Gasteiger charge is -2.16. The summed E-state index contributed by atoms with van der Waals surface area (Å²) in [5.74, 6) is -1.35. The van der Waals surface area contributed by atoms with Crippen molar-refractivity contribution in [2.24, 2.45) is 0 Å². The zero-order chi connectivity index (χ0) is 23.3. The van der Waals surface area contributed by atoms with Crippen molar-refractivity contribution in [3.63, 3.8) is 0 Å². The number of hydrogen-bond acceptors (Lipinski definition) is 5. The van der Waals surface area contributed by atoms with E-state index < -0.39 is 32.7 Å². The number of amides is 2. The zero-order valence-corrected chi connectivity index (χ0v) is 18.1. The largest absolute Gasteiger partial charge is 0.497 e. The molecule has 0 heterocycles. The Morgan fingerprint density at radius 2 is 1.62 bits per heavy atom. The van der Waals surface area contributed by atoms with E-state index >= 15 is 0 Å². The van der Waals surface area contributed by atoms with Crippen LogP contribution in [0.25, 0.3) is 0 Å². The van der Waals surface area contributed by atoms with Crippen molar-refractivity contribution in [3.05, 3.63) is 84.2 Å². The fourth-order valence-electron chi connectivity index (χ4n) is 2.89. The number of ether oxygens (including phenoxy) is 1. The summed E-state index contributed by atoms with van der Waals surface area (Å²) in [5.41, 5.74) is 0.789. The van der Waals surface area contributed by atoms with Crippen LogP contribution in [0.2, 0.25) is 0 Å². The Balaban J connectivity index is 1.79. The van der Waals surface area contributed by atoms with Gasteiger partial charge in [-0.05, 0) is 55.5 Å². The van der Waals surface area contributed by atoms with Crippen LogP contribution in [-0.2, 0) is 14.6 Å². The van der Waals surface area contributed by atoms with Crippen LogP contribution in [0, 0.1) is 5.82 Å². The average molecular weight is 456 g/mol. The molecule has 7 nitrogen and oxygen atoms in total. The Morgan fingerprint density at radius 3 is 2.31 bits per heavy atom. The van der Waals surface area contributed by atoms with Gasteiger partial charge in [0.25, 0.3) is 5.91 Å². The second-order valence-corrected chi connectivity index (χ2v) is 9.13. The van der Waals surface area contributed by atoms with E-state index in [1.165, 1.54) is 26.2 Å². The van der Waals surface area contributed by atoms with Gasteiger partial charge in [0.05, 0.1) is 23.3 Å². The van der Waals surface area contributed by atoms with Gasteiger partial charge in [-0.2, -0.15) is 0 Å². The van der Waals surface area contributed by atoms with Gasteiger partial charge in [0.2, 0.25) is 5.91 Å². The smallest absolute Gasteiger partial charge is 0.257 e. The van der Waals surface area contributed by atoms with Crippen molar-refractivity contribution < 1.29 is 27.1 Å². The van der Waals surface area contributed by atoms with Crippen molar-refractivity contribution >= 4 is 33.0 Å². The van der Waals surface area contributed by atoms with Crippen molar-refractivity contribution in [3.8, 4) is 5.75 Å². The Morgan fingerprint density at radius 1 is 0.938 bits per heavy atom. The number of para-hydroxylation sites is 1. The molecule has 0 spiro atoms. The van der Waals surface area contributed by atoms with Crippen molar-refractivity contribution in [1.29, 1.82) is 0 Å². The predicted molar refractivity (Wildman–Crippen MR) is 119 cm³/mol. The lowest BCUT2D eigenvalue weighted by Crippen LogP contribution is -2.33. The molecule has 3 aromatic rings. The number of anilines is 2. The van der Waals surface area contributed by atoms with Crippen molar-refractivity contribution in [2.75, 3.05) is 17.7 Å². The van der Waals surface area contributed by atoms with Gasteiger partial charge in [-0.1, -0.05) is 18.2 Å². The Bertz CT molecular complexity index is 1240. The molecule has 166 valence electrons. The monoisotopic (exact) mass is 456 g/mol. The minimum Gasteiger partial charge on any atom is -0.497 e. The number of carbonyl (C=O) groups excluding carboxylic acids is 2. The highest BCUT2D eigenvalue weighted by molar-refractivity contribution is 7.92. The number of carbonyl (C=O) groups is 2. The van der Waals surface area contributed by atoms with Gasteiger partial charge in [-0.25, -0.2) is 12.8 Å². The molecule has 3 aromatic carbocycles. The number of methoxy groups -OCH3 is 1. The zero-order valence-electron chi connectivity index (χ0n) is 17.3. The first-order valence-electron chi connectivity index (χ1n) is 9.57. The van der Waals surface area contributed by atoms with E-state index in [1.807, 2.05) is 0 Å². The van der Waals surface area contributed by atoms with Crippen molar-refractivity contribution in [2.45, 2.75) is 17.1 Å². The quantitative estimate of drug-likeness (QED) is 0.526. The summed E-state index contributed by atoms with van der Waals surface area (Å²) < 4.78 is 43.7. The van der Waals surface area contributed by atoms with Gasteiger partial charge < -0.3 is 15.4 Å². The standard InChI is InChI=1S/C23H21FN2O5S/c1-15(32(29,30)19-12-10-16(24)11-13-19)22(27)26-21-9-4-3-8-20(21)23(28)25-17-6-5-7-18(14-17)31-2/h3-15H,1-2H3,(H,25,28)(H,26,27). The van der Waals surface area contributed by atoms with Gasteiger partial charge >= 0.3 is 0 Å². The summed E-state index contributed by atoms with van der Waals surface area (Å²) in [5, 5.41) is 3.75. The van der Waals surface area contributed by atoms with Gasteiger partial charge in [0, 0.05) is 11.8 Å². The fourth-order valence-corrected chi connectivity index (χ4v) is 4.16. The molecule has 9 heteroatoms. The van der Waals surface area contributed by atoms with Gasteiger partial charge in [-0.15, -0.1) is 0 Å². The molecule has 0 aliphatic rings. The third kappa shape index (κ3) is 5.12.